The lowest BCUT2D eigenvalue weighted by molar-refractivity contribution is -0.118. The van der Waals surface area contributed by atoms with Gasteiger partial charge in [0, 0.05) is 22.8 Å². The molecule has 1 atom stereocenters. The average Bonchev–Trinajstić information content (AvgIpc) is 2.93. The molecular formula is C15H18N2O2S. The maximum Gasteiger partial charge on any atom is 0.226 e. The van der Waals surface area contributed by atoms with E-state index in [1.165, 1.54) is 0 Å². The maximum absolute atomic E-state index is 11.8. The van der Waals surface area contributed by atoms with Crippen molar-refractivity contribution in [3.05, 3.63) is 35.8 Å². The topological polar surface area (TPSA) is 62.2 Å². The van der Waals surface area contributed by atoms with Crippen LogP contribution in [0.3, 0.4) is 0 Å². The molecule has 4 nitrogen and oxygen atoms in total. The normalized spacial score (nSPS) is 12.4. The summed E-state index contributed by atoms with van der Waals surface area (Å²) in [6.07, 6.45) is 1.28. The molecule has 1 aromatic heterocycles. The van der Waals surface area contributed by atoms with Crippen molar-refractivity contribution in [2.75, 3.05) is 5.32 Å². The molecule has 0 saturated heterocycles. The Morgan fingerprint density at radius 1 is 1.35 bits per heavy atom. The number of aromatic nitrogens is 1. The molecule has 1 aromatic carbocycles. The van der Waals surface area contributed by atoms with Gasteiger partial charge < -0.3 is 10.4 Å². The highest BCUT2D eigenvalue weighted by atomic mass is 32.1. The van der Waals surface area contributed by atoms with Gasteiger partial charge in [-0.1, -0.05) is 13.8 Å². The fraction of sp³-hybridized carbons (Fsp3) is 0.333. The number of thiazole rings is 1. The number of rotatable bonds is 5. The SMILES string of the molecule is CC(C)C(O)CC(=O)Nc1ccc(-c2nccs2)cc1. The molecular weight excluding hydrogens is 272 g/mol. The number of hydrogen-bond donors (Lipinski definition) is 2. The zero-order valence-electron chi connectivity index (χ0n) is 11.5. The van der Waals surface area contributed by atoms with E-state index in [1.54, 1.807) is 17.5 Å². The third-order valence-corrected chi connectivity index (χ3v) is 3.83. The second-order valence-corrected chi connectivity index (χ2v) is 5.87. The lowest BCUT2D eigenvalue weighted by Gasteiger charge is -2.14. The number of carbonyl (C=O) groups is 1. The van der Waals surface area contributed by atoms with Gasteiger partial charge in [-0.25, -0.2) is 4.98 Å². The third-order valence-electron chi connectivity index (χ3n) is 3.01. The van der Waals surface area contributed by atoms with E-state index in [1.807, 2.05) is 43.5 Å². The monoisotopic (exact) mass is 290 g/mol. The third kappa shape index (κ3) is 3.88. The number of benzene rings is 1. The van der Waals surface area contributed by atoms with Gasteiger partial charge in [0.2, 0.25) is 5.91 Å². The minimum Gasteiger partial charge on any atom is -0.392 e. The van der Waals surface area contributed by atoms with Gasteiger partial charge in [-0.2, -0.15) is 0 Å². The summed E-state index contributed by atoms with van der Waals surface area (Å²) < 4.78 is 0. The van der Waals surface area contributed by atoms with Crippen LogP contribution in [0.25, 0.3) is 10.6 Å². The lowest BCUT2D eigenvalue weighted by atomic mass is 10.0. The molecule has 0 aliphatic heterocycles. The first-order valence-electron chi connectivity index (χ1n) is 6.54. The van der Waals surface area contributed by atoms with Gasteiger partial charge in [0.15, 0.2) is 0 Å². The summed E-state index contributed by atoms with van der Waals surface area (Å²) in [6, 6.07) is 7.54. The first-order valence-corrected chi connectivity index (χ1v) is 7.42. The molecule has 1 unspecified atom stereocenters. The van der Waals surface area contributed by atoms with Crippen molar-refractivity contribution in [1.29, 1.82) is 0 Å². The molecule has 2 N–H and O–H groups in total. The summed E-state index contributed by atoms with van der Waals surface area (Å²) in [5.41, 5.74) is 1.76. The highest BCUT2D eigenvalue weighted by Gasteiger charge is 2.14. The lowest BCUT2D eigenvalue weighted by Crippen LogP contribution is -2.23. The number of amides is 1. The molecule has 0 bridgehead atoms. The first kappa shape index (κ1) is 14.7. The largest absolute Gasteiger partial charge is 0.392 e. The average molecular weight is 290 g/mol. The van der Waals surface area contributed by atoms with Crippen molar-refractivity contribution in [1.82, 2.24) is 4.98 Å². The molecule has 0 aliphatic carbocycles. The minimum atomic E-state index is -0.607. The second-order valence-electron chi connectivity index (χ2n) is 4.98. The molecule has 1 amide bonds. The second kappa shape index (κ2) is 6.63. The van der Waals surface area contributed by atoms with Gasteiger partial charge in [0.25, 0.3) is 0 Å². The highest BCUT2D eigenvalue weighted by Crippen LogP contribution is 2.23. The van der Waals surface area contributed by atoms with Crippen molar-refractivity contribution < 1.29 is 9.90 Å². The van der Waals surface area contributed by atoms with Gasteiger partial charge in [-0.05, 0) is 30.2 Å². The van der Waals surface area contributed by atoms with Gasteiger partial charge in [-0.3, -0.25) is 4.79 Å². The number of nitrogens with zero attached hydrogens (tertiary/aromatic N) is 1. The van der Waals surface area contributed by atoms with Gasteiger partial charge in [-0.15, -0.1) is 11.3 Å². The van der Waals surface area contributed by atoms with Crippen LogP contribution in [0.5, 0.6) is 0 Å². The molecule has 0 saturated carbocycles. The Labute approximate surface area is 122 Å². The molecule has 20 heavy (non-hydrogen) atoms. The molecule has 0 aliphatic rings. The minimum absolute atomic E-state index is 0.0769. The van der Waals surface area contributed by atoms with E-state index in [4.69, 9.17) is 0 Å². The number of anilines is 1. The number of aliphatic hydroxyl groups is 1. The molecule has 106 valence electrons. The molecule has 0 radical (unpaired) electrons. The predicted octanol–water partition coefficient (Wildman–Crippen LogP) is 3.16. The van der Waals surface area contributed by atoms with Crippen LogP contribution in [-0.2, 0) is 4.79 Å². The van der Waals surface area contributed by atoms with Crippen LogP contribution in [-0.4, -0.2) is 22.1 Å². The predicted molar refractivity (Wildman–Crippen MR) is 81.6 cm³/mol. The van der Waals surface area contributed by atoms with E-state index in [0.717, 1.165) is 16.3 Å². The van der Waals surface area contributed by atoms with E-state index in [0.29, 0.717) is 0 Å². The van der Waals surface area contributed by atoms with Gasteiger partial charge in [0.05, 0.1) is 12.5 Å². The number of aliphatic hydroxyl groups excluding tert-OH is 1. The quantitative estimate of drug-likeness (QED) is 0.889. The zero-order valence-corrected chi connectivity index (χ0v) is 12.4. The van der Waals surface area contributed by atoms with E-state index < -0.39 is 6.10 Å². The smallest absolute Gasteiger partial charge is 0.226 e. The Balaban J connectivity index is 1.95. The summed E-state index contributed by atoms with van der Waals surface area (Å²) in [7, 11) is 0. The molecule has 5 heteroatoms. The molecule has 2 aromatic rings. The van der Waals surface area contributed by atoms with Crippen molar-refractivity contribution in [2.24, 2.45) is 5.92 Å². The van der Waals surface area contributed by atoms with Gasteiger partial charge >= 0.3 is 0 Å². The zero-order chi connectivity index (χ0) is 14.5. The fourth-order valence-corrected chi connectivity index (χ4v) is 2.34. The van der Waals surface area contributed by atoms with Crippen LogP contribution >= 0.6 is 11.3 Å². The first-order chi connectivity index (χ1) is 9.56. The van der Waals surface area contributed by atoms with Crippen LogP contribution in [0, 0.1) is 5.92 Å². The summed E-state index contributed by atoms with van der Waals surface area (Å²) in [5, 5.41) is 15.3. The standard InChI is InChI=1S/C15H18N2O2S/c1-10(2)13(18)9-14(19)17-12-5-3-11(4-6-12)15-16-7-8-20-15/h3-8,10,13,18H,9H2,1-2H3,(H,17,19). The Hall–Kier alpha value is -1.72. The van der Waals surface area contributed by atoms with Crippen LogP contribution in [0.15, 0.2) is 35.8 Å². The van der Waals surface area contributed by atoms with Crippen molar-refractivity contribution in [3.8, 4) is 10.6 Å². The van der Waals surface area contributed by atoms with Crippen molar-refractivity contribution in [3.63, 3.8) is 0 Å². The Morgan fingerprint density at radius 2 is 2.05 bits per heavy atom. The molecule has 0 fully saturated rings. The summed E-state index contributed by atoms with van der Waals surface area (Å²) >= 11 is 1.58. The summed E-state index contributed by atoms with van der Waals surface area (Å²) in [4.78, 5) is 16.0. The van der Waals surface area contributed by atoms with Crippen molar-refractivity contribution >= 4 is 22.9 Å². The number of hydrogen-bond acceptors (Lipinski definition) is 4. The van der Waals surface area contributed by atoms with Crippen LogP contribution in [0.4, 0.5) is 5.69 Å². The van der Waals surface area contributed by atoms with E-state index >= 15 is 0 Å². The van der Waals surface area contributed by atoms with Crippen LogP contribution in [0.1, 0.15) is 20.3 Å². The molecule has 1 heterocycles. The fourth-order valence-electron chi connectivity index (χ4n) is 1.70. The molecule has 0 spiro atoms. The Kier molecular flexibility index (Phi) is 4.87. The van der Waals surface area contributed by atoms with E-state index in [2.05, 4.69) is 10.3 Å². The van der Waals surface area contributed by atoms with E-state index in [-0.39, 0.29) is 18.2 Å². The van der Waals surface area contributed by atoms with Crippen LogP contribution < -0.4 is 5.32 Å². The number of nitrogens with one attached hydrogen (secondary N) is 1. The highest BCUT2D eigenvalue weighted by molar-refractivity contribution is 7.13. The Bertz CT molecular complexity index is 550. The molecule has 2 rings (SSSR count). The van der Waals surface area contributed by atoms with Gasteiger partial charge in [0.1, 0.15) is 5.01 Å². The summed E-state index contributed by atoms with van der Waals surface area (Å²) in [6.45, 7) is 3.78. The van der Waals surface area contributed by atoms with E-state index in [9.17, 15) is 9.90 Å². The summed E-state index contributed by atoms with van der Waals surface area (Å²) in [5.74, 6) is -0.0961. The Morgan fingerprint density at radius 3 is 2.60 bits per heavy atom. The maximum atomic E-state index is 11.8. The number of carbonyl (C=O) groups excluding carboxylic acids is 1. The van der Waals surface area contributed by atoms with Crippen LogP contribution in [0.2, 0.25) is 0 Å². The van der Waals surface area contributed by atoms with Crippen molar-refractivity contribution in [2.45, 2.75) is 26.4 Å².